The number of ether oxygens (including phenoxy) is 1. The molecule has 3 rings (SSSR count). The van der Waals surface area contributed by atoms with Gasteiger partial charge < -0.3 is 14.8 Å². The number of aromatic nitrogens is 2. The molecular formula is C19H17F2N5OS. The summed E-state index contributed by atoms with van der Waals surface area (Å²) in [6, 6.07) is 7.66. The molecule has 0 aliphatic carbocycles. The van der Waals surface area contributed by atoms with Gasteiger partial charge in [-0.05, 0) is 30.7 Å². The molecule has 0 amide bonds. The Balaban J connectivity index is 2.03. The smallest absolute Gasteiger partial charge is 0.232 e. The van der Waals surface area contributed by atoms with Crippen molar-refractivity contribution in [3.05, 3.63) is 47.7 Å². The first-order valence-corrected chi connectivity index (χ1v) is 9.44. The summed E-state index contributed by atoms with van der Waals surface area (Å²) in [5.41, 5.74) is 0.878. The predicted octanol–water partition coefficient (Wildman–Crippen LogP) is 5.00. The van der Waals surface area contributed by atoms with E-state index in [1.165, 1.54) is 37.4 Å². The highest BCUT2D eigenvalue weighted by Crippen LogP contribution is 2.33. The van der Waals surface area contributed by atoms with Crippen molar-refractivity contribution >= 4 is 40.0 Å². The number of nitrogens with one attached hydrogen (secondary N) is 2. The van der Waals surface area contributed by atoms with Gasteiger partial charge in [-0.25, -0.2) is 18.7 Å². The molecule has 0 atom stereocenters. The second kappa shape index (κ2) is 8.71. The zero-order valence-electron chi connectivity index (χ0n) is 15.2. The lowest BCUT2D eigenvalue weighted by molar-refractivity contribution is 0.397. The number of anilines is 3. The van der Waals surface area contributed by atoms with E-state index >= 15 is 0 Å². The molecule has 0 unspecified atom stereocenters. The van der Waals surface area contributed by atoms with Gasteiger partial charge in [-0.15, -0.1) is 0 Å². The van der Waals surface area contributed by atoms with Crippen LogP contribution in [0, 0.1) is 23.0 Å². The van der Waals surface area contributed by atoms with Crippen molar-refractivity contribution in [3.8, 4) is 11.9 Å². The number of fused-ring (bicyclic) bond motifs is 1. The van der Waals surface area contributed by atoms with Gasteiger partial charge in [0.2, 0.25) is 5.88 Å². The molecule has 0 aliphatic rings. The molecule has 0 aliphatic heterocycles. The summed E-state index contributed by atoms with van der Waals surface area (Å²) >= 11 is 1.33. The van der Waals surface area contributed by atoms with E-state index in [2.05, 4.69) is 20.0 Å². The van der Waals surface area contributed by atoms with E-state index in [4.69, 9.17) is 4.74 Å². The summed E-state index contributed by atoms with van der Waals surface area (Å²) in [6.45, 7) is 2.00. The second-order valence-electron chi connectivity index (χ2n) is 5.74. The molecule has 0 radical (unpaired) electrons. The quantitative estimate of drug-likeness (QED) is 0.426. The van der Waals surface area contributed by atoms with Crippen LogP contribution in [-0.2, 0) is 0 Å². The Labute approximate surface area is 165 Å². The normalized spacial score (nSPS) is 10.5. The van der Waals surface area contributed by atoms with Gasteiger partial charge in [0, 0.05) is 5.75 Å². The van der Waals surface area contributed by atoms with Crippen molar-refractivity contribution in [1.82, 2.24) is 9.97 Å². The van der Waals surface area contributed by atoms with Crippen LogP contribution in [0.5, 0.6) is 5.88 Å². The molecule has 2 aromatic carbocycles. The van der Waals surface area contributed by atoms with Gasteiger partial charge in [-0.3, -0.25) is 0 Å². The van der Waals surface area contributed by atoms with E-state index < -0.39 is 11.6 Å². The first-order valence-electron chi connectivity index (χ1n) is 8.45. The first-order chi connectivity index (χ1) is 13.6. The molecule has 2 N–H and O–H groups in total. The Morgan fingerprint density at radius 2 is 2.00 bits per heavy atom. The first kappa shape index (κ1) is 19.6. The Hall–Kier alpha value is -3.12. The number of benzene rings is 2. The number of rotatable bonds is 7. The maximum atomic E-state index is 14.8. The lowest BCUT2D eigenvalue weighted by Gasteiger charge is -2.14. The van der Waals surface area contributed by atoms with Crippen molar-refractivity contribution in [2.24, 2.45) is 0 Å². The van der Waals surface area contributed by atoms with E-state index in [-0.39, 0.29) is 34.0 Å². The van der Waals surface area contributed by atoms with Crippen molar-refractivity contribution in [2.45, 2.75) is 13.3 Å². The van der Waals surface area contributed by atoms with Gasteiger partial charge in [0.05, 0.1) is 30.2 Å². The standard InChI is InChI=1S/C19H17F2N5OS/c1-3-8-28-26-14-5-4-12(20)19(17(14)21)24-13-6-7-15-18(11(13)9-22)25-16(27-2)10-23-15/h4-7,10,24,26H,3,8H2,1-2H3. The Morgan fingerprint density at radius 3 is 2.71 bits per heavy atom. The third kappa shape index (κ3) is 3.92. The van der Waals surface area contributed by atoms with Crippen LogP contribution in [0.2, 0.25) is 0 Å². The van der Waals surface area contributed by atoms with E-state index in [1.807, 2.05) is 13.0 Å². The van der Waals surface area contributed by atoms with Gasteiger partial charge in [-0.1, -0.05) is 18.9 Å². The molecule has 0 saturated carbocycles. The number of hydrogen-bond donors (Lipinski definition) is 2. The molecule has 3 aromatic rings. The third-order valence-corrected chi connectivity index (χ3v) is 4.83. The highest BCUT2D eigenvalue weighted by atomic mass is 32.2. The zero-order valence-corrected chi connectivity index (χ0v) is 16.0. The highest BCUT2D eigenvalue weighted by molar-refractivity contribution is 8.00. The van der Waals surface area contributed by atoms with Crippen molar-refractivity contribution in [3.63, 3.8) is 0 Å². The summed E-state index contributed by atoms with van der Waals surface area (Å²) in [4.78, 5) is 8.40. The van der Waals surface area contributed by atoms with Gasteiger partial charge in [0.15, 0.2) is 5.82 Å². The Morgan fingerprint density at radius 1 is 1.21 bits per heavy atom. The summed E-state index contributed by atoms with van der Waals surface area (Å²) in [5.74, 6) is -0.533. The molecule has 9 heteroatoms. The molecule has 144 valence electrons. The van der Waals surface area contributed by atoms with Gasteiger partial charge in [0.25, 0.3) is 0 Å². The van der Waals surface area contributed by atoms with E-state index in [0.29, 0.717) is 5.52 Å². The van der Waals surface area contributed by atoms with E-state index in [9.17, 15) is 14.0 Å². The molecule has 1 aromatic heterocycles. The number of nitrogens with zero attached hydrogens (tertiary/aromatic N) is 3. The Kier molecular flexibility index (Phi) is 6.11. The number of halogens is 2. The molecule has 28 heavy (non-hydrogen) atoms. The van der Waals surface area contributed by atoms with Crippen LogP contribution in [0.25, 0.3) is 11.0 Å². The van der Waals surface area contributed by atoms with Gasteiger partial charge >= 0.3 is 0 Å². The summed E-state index contributed by atoms with van der Waals surface area (Å²) in [7, 11) is 1.43. The van der Waals surface area contributed by atoms with Crippen LogP contribution in [0.3, 0.4) is 0 Å². The van der Waals surface area contributed by atoms with Crippen LogP contribution in [0.4, 0.5) is 25.8 Å². The predicted molar refractivity (Wildman–Crippen MR) is 107 cm³/mol. The monoisotopic (exact) mass is 401 g/mol. The number of methoxy groups -OCH3 is 1. The van der Waals surface area contributed by atoms with Gasteiger partial charge in [-0.2, -0.15) is 5.26 Å². The fourth-order valence-corrected chi connectivity index (χ4v) is 3.11. The van der Waals surface area contributed by atoms with Crippen LogP contribution in [-0.4, -0.2) is 22.8 Å². The average Bonchev–Trinajstić information content (AvgIpc) is 2.72. The lowest BCUT2D eigenvalue weighted by Crippen LogP contribution is -2.03. The third-order valence-electron chi connectivity index (χ3n) is 3.85. The molecule has 0 spiro atoms. The van der Waals surface area contributed by atoms with Crippen molar-refractivity contribution in [1.29, 1.82) is 5.26 Å². The second-order valence-corrected chi connectivity index (χ2v) is 6.64. The molecule has 0 fully saturated rings. The highest BCUT2D eigenvalue weighted by Gasteiger charge is 2.17. The van der Waals surface area contributed by atoms with Crippen LogP contribution in [0.15, 0.2) is 30.5 Å². The van der Waals surface area contributed by atoms with E-state index in [1.54, 1.807) is 6.07 Å². The summed E-state index contributed by atoms with van der Waals surface area (Å²) < 4.78 is 37.0. The molecule has 0 saturated heterocycles. The van der Waals surface area contributed by atoms with Crippen molar-refractivity contribution < 1.29 is 13.5 Å². The van der Waals surface area contributed by atoms with Gasteiger partial charge in [0.1, 0.15) is 28.7 Å². The van der Waals surface area contributed by atoms with E-state index in [0.717, 1.165) is 18.2 Å². The molecule has 6 nitrogen and oxygen atoms in total. The minimum Gasteiger partial charge on any atom is -0.480 e. The fraction of sp³-hybridized carbons (Fsp3) is 0.211. The largest absolute Gasteiger partial charge is 0.480 e. The zero-order chi connectivity index (χ0) is 20.1. The Bertz CT molecular complexity index is 1050. The molecular weight excluding hydrogens is 384 g/mol. The maximum absolute atomic E-state index is 14.8. The fourth-order valence-electron chi connectivity index (χ4n) is 2.49. The van der Waals surface area contributed by atoms with Crippen LogP contribution < -0.4 is 14.8 Å². The number of hydrogen-bond acceptors (Lipinski definition) is 7. The molecule has 0 bridgehead atoms. The van der Waals surface area contributed by atoms with Crippen LogP contribution >= 0.6 is 11.9 Å². The maximum Gasteiger partial charge on any atom is 0.232 e. The number of nitriles is 1. The van der Waals surface area contributed by atoms with Crippen molar-refractivity contribution in [2.75, 3.05) is 22.9 Å². The summed E-state index contributed by atoms with van der Waals surface area (Å²) in [6.07, 6.45) is 2.34. The minimum absolute atomic E-state index is 0.112. The van der Waals surface area contributed by atoms with Crippen LogP contribution in [0.1, 0.15) is 18.9 Å². The lowest BCUT2D eigenvalue weighted by atomic mass is 10.1. The average molecular weight is 401 g/mol. The SMILES string of the molecule is CCCSNc1ccc(F)c(Nc2ccc3ncc(OC)nc3c2C#N)c1F. The molecule has 1 heterocycles. The topological polar surface area (TPSA) is 82.9 Å². The minimum atomic E-state index is -0.774. The summed E-state index contributed by atoms with van der Waals surface area (Å²) in [5, 5.41) is 12.3.